The monoisotopic (exact) mass is 305 g/mol. The van der Waals surface area contributed by atoms with Crippen LogP contribution in [0.25, 0.3) is 0 Å². The first-order chi connectivity index (χ1) is 10.2. The Morgan fingerprint density at radius 2 is 2.10 bits per heavy atom. The molecule has 2 heterocycles. The lowest BCUT2D eigenvalue weighted by molar-refractivity contribution is 0.396. The lowest BCUT2D eigenvalue weighted by atomic mass is 10.3. The summed E-state index contributed by atoms with van der Waals surface area (Å²) in [4.78, 5) is 12.9. The number of thiazole rings is 1. The van der Waals surface area contributed by atoms with E-state index >= 15 is 0 Å². The van der Waals surface area contributed by atoms with Crippen LogP contribution in [0.4, 0.5) is 0 Å². The molecule has 0 aliphatic carbocycles. The van der Waals surface area contributed by atoms with E-state index in [9.17, 15) is 0 Å². The molecule has 0 aliphatic rings. The van der Waals surface area contributed by atoms with Gasteiger partial charge in [0.2, 0.25) is 5.88 Å². The molecular weight excluding hydrogens is 286 g/mol. The van der Waals surface area contributed by atoms with Gasteiger partial charge in [0.05, 0.1) is 25.9 Å². The Bertz CT molecular complexity index is 611. The fourth-order valence-corrected chi connectivity index (χ4v) is 2.42. The number of aromatic nitrogens is 2. The first-order valence-corrected chi connectivity index (χ1v) is 7.44. The summed E-state index contributed by atoms with van der Waals surface area (Å²) in [7, 11) is 3.34. The van der Waals surface area contributed by atoms with Crippen molar-refractivity contribution in [3.63, 3.8) is 0 Å². The molecule has 0 spiro atoms. The van der Waals surface area contributed by atoms with Crippen LogP contribution in [-0.2, 0) is 13.1 Å². The van der Waals surface area contributed by atoms with Gasteiger partial charge in [0.15, 0.2) is 5.96 Å². The van der Waals surface area contributed by atoms with Gasteiger partial charge >= 0.3 is 0 Å². The van der Waals surface area contributed by atoms with Crippen LogP contribution in [0.3, 0.4) is 0 Å². The van der Waals surface area contributed by atoms with Crippen molar-refractivity contribution >= 4 is 17.3 Å². The zero-order valence-corrected chi connectivity index (χ0v) is 13.2. The van der Waals surface area contributed by atoms with Crippen LogP contribution in [-0.4, -0.2) is 30.1 Å². The number of hydrogen-bond acceptors (Lipinski definition) is 5. The molecule has 0 amide bonds. The molecule has 0 aliphatic heterocycles. The topological polar surface area (TPSA) is 71.4 Å². The molecule has 0 atom stereocenters. The van der Waals surface area contributed by atoms with E-state index in [2.05, 4.69) is 25.6 Å². The van der Waals surface area contributed by atoms with Gasteiger partial charge in [-0.25, -0.2) is 9.97 Å². The number of aryl methyl sites for hydroxylation is 1. The number of nitrogens with zero attached hydrogens (tertiary/aromatic N) is 3. The minimum atomic E-state index is 0.577. The van der Waals surface area contributed by atoms with E-state index in [-0.39, 0.29) is 0 Å². The number of ether oxygens (including phenoxy) is 1. The zero-order valence-electron chi connectivity index (χ0n) is 12.4. The lowest BCUT2D eigenvalue weighted by Gasteiger charge is -2.11. The van der Waals surface area contributed by atoms with Gasteiger partial charge in [-0.05, 0) is 13.0 Å². The highest BCUT2D eigenvalue weighted by atomic mass is 32.1. The van der Waals surface area contributed by atoms with Crippen molar-refractivity contribution in [1.29, 1.82) is 0 Å². The van der Waals surface area contributed by atoms with Crippen LogP contribution < -0.4 is 15.4 Å². The van der Waals surface area contributed by atoms with Crippen molar-refractivity contribution in [2.45, 2.75) is 20.0 Å². The summed E-state index contributed by atoms with van der Waals surface area (Å²) in [6.07, 6.45) is 0. The molecule has 0 unspecified atom stereocenters. The number of methoxy groups -OCH3 is 1. The molecule has 112 valence electrons. The number of pyridine rings is 1. The Hall–Kier alpha value is -2.15. The maximum Gasteiger partial charge on any atom is 0.213 e. The second kappa shape index (κ2) is 7.58. The van der Waals surface area contributed by atoms with Crippen molar-refractivity contribution in [3.05, 3.63) is 40.0 Å². The second-order valence-corrected chi connectivity index (χ2v) is 5.28. The van der Waals surface area contributed by atoms with Gasteiger partial charge in [-0.1, -0.05) is 6.07 Å². The third kappa shape index (κ3) is 4.71. The van der Waals surface area contributed by atoms with E-state index in [1.165, 1.54) is 0 Å². The van der Waals surface area contributed by atoms with Gasteiger partial charge in [0, 0.05) is 24.2 Å². The Labute approximate surface area is 128 Å². The third-order valence-electron chi connectivity index (χ3n) is 2.72. The summed E-state index contributed by atoms with van der Waals surface area (Å²) in [5.41, 5.74) is 1.93. The van der Waals surface area contributed by atoms with Crippen LogP contribution in [0.15, 0.2) is 28.6 Å². The summed E-state index contributed by atoms with van der Waals surface area (Å²) in [6.45, 7) is 3.22. The first-order valence-electron chi connectivity index (χ1n) is 6.56. The molecule has 21 heavy (non-hydrogen) atoms. The van der Waals surface area contributed by atoms with Crippen molar-refractivity contribution in [2.75, 3.05) is 14.2 Å². The molecule has 0 radical (unpaired) electrons. The van der Waals surface area contributed by atoms with E-state index in [4.69, 9.17) is 4.74 Å². The molecule has 0 saturated carbocycles. The standard InChI is InChI=1S/C14H19N5OS/c1-10-9-21-13(18-10)8-17-14(15-2)16-7-11-5-4-6-12(19-11)20-3/h4-6,9H,7-8H2,1-3H3,(H2,15,16,17). The molecule has 0 aromatic carbocycles. The summed E-state index contributed by atoms with van der Waals surface area (Å²) in [5.74, 6) is 1.32. The third-order valence-corrected chi connectivity index (χ3v) is 3.69. The maximum absolute atomic E-state index is 5.10. The molecule has 2 N–H and O–H groups in total. The Balaban J connectivity index is 1.84. The predicted molar refractivity (Wildman–Crippen MR) is 84.7 cm³/mol. The summed E-state index contributed by atoms with van der Waals surface area (Å²) in [5, 5.41) is 9.51. The van der Waals surface area contributed by atoms with Gasteiger partial charge < -0.3 is 15.4 Å². The smallest absolute Gasteiger partial charge is 0.213 e. The van der Waals surface area contributed by atoms with Gasteiger partial charge in [-0.15, -0.1) is 11.3 Å². The van der Waals surface area contributed by atoms with Gasteiger partial charge in [0.25, 0.3) is 0 Å². The molecule has 0 saturated heterocycles. The number of guanidine groups is 1. The molecule has 2 aromatic heterocycles. The highest BCUT2D eigenvalue weighted by Crippen LogP contribution is 2.08. The number of aliphatic imine (C=N–C) groups is 1. The summed E-state index contributed by atoms with van der Waals surface area (Å²) < 4.78 is 5.10. The van der Waals surface area contributed by atoms with Crippen molar-refractivity contribution in [1.82, 2.24) is 20.6 Å². The fourth-order valence-electron chi connectivity index (χ4n) is 1.71. The van der Waals surface area contributed by atoms with E-state index in [1.54, 1.807) is 25.5 Å². The van der Waals surface area contributed by atoms with Crippen LogP contribution in [0.5, 0.6) is 5.88 Å². The molecule has 2 rings (SSSR count). The van der Waals surface area contributed by atoms with Crippen LogP contribution >= 0.6 is 11.3 Å². The van der Waals surface area contributed by atoms with Crippen molar-refractivity contribution < 1.29 is 4.74 Å². The largest absolute Gasteiger partial charge is 0.481 e. The Morgan fingerprint density at radius 1 is 1.29 bits per heavy atom. The van der Waals surface area contributed by atoms with E-state index in [0.717, 1.165) is 16.4 Å². The second-order valence-electron chi connectivity index (χ2n) is 4.33. The normalized spacial score (nSPS) is 11.3. The molecular formula is C14H19N5OS. The van der Waals surface area contributed by atoms with Gasteiger partial charge in [-0.2, -0.15) is 0 Å². The Morgan fingerprint density at radius 3 is 2.76 bits per heavy atom. The highest BCUT2D eigenvalue weighted by molar-refractivity contribution is 7.09. The zero-order chi connectivity index (χ0) is 15.1. The van der Waals surface area contributed by atoms with Crippen LogP contribution in [0.1, 0.15) is 16.4 Å². The van der Waals surface area contributed by atoms with E-state index in [1.807, 2.05) is 30.5 Å². The maximum atomic E-state index is 5.10. The average Bonchev–Trinajstić information content (AvgIpc) is 2.93. The molecule has 2 aromatic rings. The fraction of sp³-hybridized carbons (Fsp3) is 0.357. The number of rotatable bonds is 5. The van der Waals surface area contributed by atoms with Crippen molar-refractivity contribution in [3.8, 4) is 5.88 Å². The molecule has 6 nitrogen and oxygen atoms in total. The van der Waals surface area contributed by atoms with Crippen LogP contribution in [0, 0.1) is 6.92 Å². The van der Waals surface area contributed by atoms with E-state index in [0.29, 0.717) is 24.9 Å². The lowest BCUT2D eigenvalue weighted by Crippen LogP contribution is -2.36. The average molecular weight is 305 g/mol. The minimum absolute atomic E-state index is 0.577. The van der Waals surface area contributed by atoms with Gasteiger partial charge in [-0.3, -0.25) is 4.99 Å². The van der Waals surface area contributed by atoms with Gasteiger partial charge in [0.1, 0.15) is 5.01 Å². The van der Waals surface area contributed by atoms with E-state index < -0.39 is 0 Å². The molecule has 0 fully saturated rings. The first kappa shape index (κ1) is 15.2. The highest BCUT2D eigenvalue weighted by Gasteiger charge is 2.03. The predicted octanol–water partition coefficient (Wildman–Crippen LogP) is 1.72. The summed E-state index contributed by atoms with van der Waals surface area (Å²) in [6, 6.07) is 5.67. The molecule has 7 heteroatoms. The van der Waals surface area contributed by atoms with Crippen molar-refractivity contribution in [2.24, 2.45) is 4.99 Å². The Kier molecular flexibility index (Phi) is 5.51. The minimum Gasteiger partial charge on any atom is -0.481 e. The quantitative estimate of drug-likeness (QED) is 0.650. The van der Waals surface area contributed by atoms with Crippen LogP contribution in [0.2, 0.25) is 0 Å². The molecule has 0 bridgehead atoms. The number of nitrogens with one attached hydrogen (secondary N) is 2. The SMILES string of the molecule is CN=C(NCc1cccc(OC)n1)NCc1nc(C)cs1. The summed E-state index contributed by atoms with van der Waals surface area (Å²) >= 11 is 1.64. The number of hydrogen-bond donors (Lipinski definition) is 2.